The molecule has 3 rings (SSSR count). The number of benzene rings is 2. The van der Waals surface area contributed by atoms with Crippen LogP contribution >= 0.6 is 0 Å². The zero-order chi connectivity index (χ0) is 34.3. The van der Waals surface area contributed by atoms with Crippen LogP contribution in [-0.4, -0.2) is 67.4 Å². The van der Waals surface area contributed by atoms with E-state index in [-0.39, 0.29) is 24.7 Å². The molecule has 1 atom stereocenters. The number of aldehydes is 1. The van der Waals surface area contributed by atoms with E-state index in [1.54, 1.807) is 52.1 Å². The molecule has 2 aromatic carbocycles. The highest BCUT2D eigenvalue weighted by molar-refractivity contribution is 5.93. The zero-order valence-corrected chi connectivity index (χ0v) is 27.9. The van der Waals surface area contributed by atoms with Gasteiger partial charge in [-0.25, -0.2) is 13.8 Å². The summed E-state index contributed by atoms with van der Waals surface area (Å²) in [7, 11) is 5.57. The van der Waals surface area contributed by atoms with Crippen molar-refractivity contribution in [2.75, 3.05) is 34.2 Å². The lowest BCUT2D eigenvalue weighted by atomic mass is 9.90. The highest BCUT2D eigenvalue weighted by Gasteiger charge is 2.21. The van der Waals surface area contributed by atoms with Gasteiger partial charge in [-0.1, -0.05) is 26.8 Å². The molecule has 0 saturated carbocycles. The van der Waals surface area contributed by atoms with Crippen LogP contribution in [-0.2, 0) is 16.0 Å². The van der Waals surface area contributed by atoms with Gasteiger partial charge in [-0.3, -0.25) is 9.59 Å². The van der Waals surface area contributed by atoms with E-state index in [1.807, 2.05) is 20.2 Å². The van der Waals surface area contributed by atoms with Gasteiger partial charge in [-0.2, -0.15) is 0 Å². The Morgan fingerprint density at radius 1 is 1.00 bits per heavy atom. The van der Waals surface area contributed by atoms with E-state index in [2.05, 4.69) is 41.3 Å². The Balaban J connectivity index is 0.000000421. The highest BCUT2D eigenvalue weighted by Crippen LogP contribution is 2.33. The number of hydrogen-bond acceptors (Lipinski definition) is 6. The van der Waals surface area contributed by atoms with Gasteiger partial charge in [-0.05, 0) is 112 Å². The lowest BCUT2D eigenvalue weighted by Gasteiger charge is -2.19. The SMILES string of the molecule is CC(C)C.CN(C)CCc1cccc(C(=O)NCC=O)n1.CNC(CC(=O)O)c1cc(-c2c(C)cc(F)cc2C)cc(C)c1F. The van der Waals surface area contributed by atoms with Crippen molar-refractivity contribution in [2.24, 2.45) is 5.92 Å². The monoisotopic (exact) mass is 626 g/mol. The molecule has 1 unspecified atom stereocenters. The first kappa shape index (κ1) is 39.0. The smallest absolute Gasteiger partial charge is 0.305 e. The Bertz CT molecular complexity index is 1400. The van der Waals surface area contributed by atoms with Gasteiger partial charge in [-0.15, -0.1) is 0 Å². The van der Waals surface area contributed by atoms with Crippen LogP contribution < -0.4 is 10.6 Å². The minimum absolute atomic E-state index is 0.0163. The number of aliphatic carboxylic acids is 1. The maximum Gasteiger partial charge on any atom is 0.305 e. The molecule has 45 heavy (non-hydrogen) atoms. The van der Waals surface area contributed by atoms with Gasteiger partial charge in [0.05, 0.1) is 13.0 Å². The van der Waals surface area contributed by atoms with E-state index in [9.17, 15) is 23.2 Å². The number of aryl methyl sites for hydroxylation is 3. The van der Waals surface area contributed by atoms with Crippen molar-refractivity contribution in [2.45, 2.75) is 60.4 Å². The Kier molecular flexibility index (Phi) is 16.8. The molecule has 3 N–H and O–H groups in total. The molecule has 0 fully saturated rings. The summed E-state index contributed by atoms with van der Waals surface area (Å²) in [5.41, 5.74) is 5.05. The molecular weight excluding hydrogens is 578 g/mol. The Hall–Kier alpha value is -4.02. The number of likely N-dealkylation sites (N-methyl/N-ethyl adjacent to an activating group) is 1. The first-order valence-electron chi connectivity index (χ1n) is 14.9. The van der Waals surface area contributed by atoms with Crippen LogP contribution in [0.15, 0.2) is 42.5 Å². The van der Waals surface area contributed by atoms with Crippen molar-refractivity contribution >= 4 is 18.2 Å². The van der Waals surface area contributed by atoms with Crippen LogP contribution in [0.2, 0.25) is 0 Å². The summed E-state index contributed by atoms with van der Waals surface area (Å²) in [6.07, 6.45) is 1.22. The molecule has 0 radical (unpaired) electrons. The predicted molar refractivity (Wildman–Crippen MR) is 175 cm³/mol. The fourth-order valence-corrected chi connectivity index (χ4v) is 4.41. The van der Waals surface area contributed by atoms with Gasteiger partial charge < -0.3 is 25.4 Å². The van der Waals surface area contributed by atoms with Crippen LogP contribution in [0.1, 0.15) is 71.7 Å². The summed E-state index contributed by atoms with van der Waals surface area (Å²) in [6, 6.07) is 10.9. The van der Waals surface area contributed by atoms with Crippen molar-refractivity contribution in [3.05, 3.63) is 87.7 Å². The average molecular weight is 627 g/mol. The van der Waals surface area contributed by atoms with E-state index in [4.69, 9.17) is 5.11 Å². The molecule has 8 nitrogen and oxygen atoms in total. The summed E-state index contributed by atoms with van der Waals surface area (Å²) in [4.78, 5) is 39.0. The third-order valence-corrected chi connectivity index (χ3v) is 6.37. The quantitative estimate of drug-likeness (QED) is 0.222. The molecule has 0 aliphatic carbocycles. The summed E-state index contributed by atoms with van der Waals surface area (Å²) in [5.74, 6) is -1.22. The number of nitrogens with zero attached hydrogens (tertiary/aromatic N) is 2. The van der Waals surface area contributed by atoms with Crippen molar-refractivity contribution in [3.63, 3.8) is 0 Å². The molecular formula is C35H48F2N4O4. The molecule has 3 aromatic rings. The fraction of sp³-hybridized carbons (Fsp3) is 0.429. The van der Waals surface area contributed by atoms with Crippen LogP contribution in [0, 0.1) is 38.3 Å². The molecule has 10 heteroatoms. The molecule has 246 valence electrons. The van der Waals surface area contributed by atoms with Crippen LogP contribution in [0.25, 0.3) is 11.1 Å². The van der Waals surface area contributed by atoms with Crippen molar-refractivity contribution in [3.8, 4) is 11.1 Å². The number of pyridine rings is 1. The normalized spacial score (nSPS) is 11.2. The second-order valence-corrected chi connectivity index (χ2v) is 11.7. The van der Waals surface area contributed by atoms with Crippen molar-refractivity contribution in [1.82, 2.24) is 20.5 Å². The minimum Gasteiger partial charge on any atom is -0.481 e. The lowest BCUT2D eigenvalue weighted by Crippen LogP contribution is -2.26. The van der Waals surface area contributed by atoms with Gasteiger partial charge in [0.15, 0.2) is 0 Å². The number of aromatic nitrogens is 1. The number of nitrogens with one attached hydrogen (secondary N) is 2. The number of carboxylic acid groups (broad SMARTS) is 1. The topological polar surface area (TPSA) is 112 Å². The van der Waals surface area contributed by atoms with Gasteiger partial charge in [0.25, 0.3) is 5.91 Å². The second kappa shape index (κ2) is 19.4. The van der Waals surface area contributed by atoms with E-state index < -0.39 is 17.8 Å². The lowest BCUT2D eigenvalue weighted by molar-refractivity contribution is -0.137. The summed E-state index contributed by atoms with van der Waals surface area (Å²) < 4.78 is 28.1. The Labute approximate surface area is 266 Å². The van der Waals surface area contributed by atoms with Gasteiger partial charge in [0.1, 0.15) is 23.6 Å². The Morgan fingerprint density at radius 3 is 2.11 bits per heavy atom. The van der Waals surface area contributed by atoms with E-state index in [1.165, 1.54) is 12.1 Å². The zero-order valence-electron chi connectivity index (χ0n) is 27.9. The van der Waals surface area contributed by atoms with Gasteiger partial charge in [0, 0.05) is 30.3 Å². The van der Waals surface area contributed by atoms with Crippen molar-refractivity contribution in [1.29, 1.82) is 0 Å². The second-order valence-electron chi connectivity index (χ2n) is 11.7. The van der Waals surface area contributed by atoms with Crippen LogP contribution in [0.5, 0.6) is 0 Å². The number of carbonyl (C=O) groups excluding carboxylic acids is 2. The molecule has 1 heterocycles. The molecule has 1 amide bonds. The van der Waals surface area contributed by atoms with E-state index in [0.717, 1.165) is 46.8 Å². The molecule has 1 aromatic heterocycles. The third-order valence-electron chi connectivity index (χ3n) is 6.37. The summed E-state index contributed by atoms with van der Waals surface area (Å²) in [5, 5.41) is 14.4. The molecule has 0 bridgehead atoms. The third kappa shape index (κ3) is 13.7. The maximum atomic E-state index is 14.6. The minimum atomic E-state index is -1.01. The largest absolute Gasteiger partial charge is 0.481 e. The average Bonchev–Trinajstić information content (AvgIpc) is 2.95. The molecule has 0 aliphatic rings. The number of amides is 1. The molecule has 0 saturated heterocycles. The number of carbonyl (C=O) groups is 3. The van der Waals surface area contributed by atoms with Gasteiger partial charge >= 0.3 is 5.97 Å². The van der Waals surface area contributed by atoms with Crippen LogP contribution in [0.4, 0.5) is 8.78 Å². The fourth-order valence-electron chi connectivity index (χ4n) is 4.41. The summed E-state index contributed by atoms with van der Waals surface area (Å²) in [6.45, 7) is 12.6. The molecule has 0 spiro atoms. The Morgan fingerprint density at radius 2 is 1.60 bits per heavy atom. The maximum absolute atomic E-state index is 14.6. The molecule has 0 aliphatic heterocycles. The number of carboxylic acids is 1. The first-order chi connectivity index (χ1) is 21.1. The number of rotatable bonds is 11. The van der Waals surface area contributed by atoms with E-state index >= 15 is 0 Å². The van der Waals surface area contributed by atoms with Crippen LogP contribution in [0.3, 0.4) is 0 Å². The first-order valence-corrected chi connectivity index (χ1v) is 14.9. The van der Waals surface area contributed by atoms with Crippen molar-refractivity contribution < 1.29 is 28.3 Å². The standard InChI is InChI=1S/C19H21F2NO2.C12H17N3O2.C4H10/c1-10-6-14(20)7-11(2)18(10)13-5-12(3)19(21)15(8-13)16(22-4)9-17(23)24;1-15(2)8-6-10-4-3-5-11(14-10)12(17)13-7-9-16;1-4(2)3/h5-8,16,22H,9H2,1-4H3,(H,23,24);3-5,9H,6-8H2,1-2H3,(H,13,17);4H,1-3H3. The summed E-state index contributed by atoms with van der Waals surface area (Å²) >= 11 is 0. The van der Waals surface area contributed by atoms with E-state index in [0.29, 0.717) is 23.1 Å². The number of hydrogen-bond donors (Lipinski definition) is 3. The highest BCUT2D eigenvalue weighted by atomic mass is 19.1. The predicted octanol–water partition coefficient (Wildman–Crippen LogP) is 6.07. The number of halogens is 2. The van der Waals surface area contributed by atoms with Gasteiger partial charge in [0.2, 0.25) is 0 Å².